The molecule has 0 atom stereocenters. The summed E-state index contributed by atoms with van der Waals surface area (Å²) in [7, 11) is 0. The molecule has 0 unspecified atom stereocenters. The van der Waals surface area contributed by atoms with Crippen LogP contribution in [-0.2, 0) is 13.2 Å². The first-order valence-corrected chi connectivity index (χ1v) is 7.74. The van der Waals surface area contributed by atoms with Crippen molar-refractivity contribution in [3.63, 3.8) is 0 Å². The minimum Gasteiger partial charge on any atom is -0.489 e. The predicted molar refractivity (Wildman–Crippen MR) is 86.9 cm³/mol. The minimum absolute atomic E-state index is 0.590. The Balaban J connectivity index is 1.84. The Morgan fingerprint density at radius 1 is 1.05 bits per heavy atom. The van der Waals surface area contributed by atoms with Gasteiger partial charge in [0.05, 0.1) is 0 Å². The van der Waals surface area contributed by atoms with Gasteiger partial charge in [0.2, 0.25) is 0 Å². The van der Waals surface area contributed by atoms with Crippen molar-refractivity contribution in [3.05, 3.63) is 64.1 Å². The van der Waals surface area contributed by atoms with Crippen LogP contribution in [0.15, 0.2) is 53.0 Å². The van der Waals surface area contributed by atoms with Gasteiger partial charge in [-0.1, -0.05) is 47.1 Å². The molecule has 0 saturated heterocycles. The molecule has 20 heavy (non-hydrogen) atoms. The van der Waals surface area contributed by atoms with E-state index in [1.165, 1.54) is 5.56 Å². The van der Waals surface area contributed by atoms with E-state index in [-0.39, 0.29) is 0 Å². The lowest BCUT2D eigenvalue weighted by Crippen LogP contribution is -2.13. The van der Waals surface area contributed by atoms with Crippen LogP contribution in [0.1, 0.15) is 24.5 Å². The van der Waals surface area contributed by atoms with E-state index < -0.39 is 0 Å². The standard InChI is InChI=1S/C17H20BrNO/c1-2-10-19-12-14-6-8-17(9-7-14)20-13-15-4-3-5-16(18)11-15/h3-9,11,19H,2,10,12-13H2,1H3. The van der Waals surface area contributed by atoms with Crippen molar-refractivity contribution >= 4 is 15.9 Å². The van der Waals surface area contributed by atoms with Crippen molar-refractivity contribution in [1.82, 2.24) is 5.32 Å². The molecule has 3 heteroatoms. The van der Waals surface area contributed by atoms with Gasteiger partial charge in [0, 0.05) is 11.0 Å². The van der Waals surface area contributed by atoms with Crippen LogP contribution in [0.2, 0.25) is 0 Å². The molecule has 0 aliphatic carbocycles. The molecule has 2 nitrogen and oxygen atoms in total. The summed E-state index contributed by atoms with van der Waals surface area (Å²) in [6.45, 7) is 4.74. The fraction of sp³-hybridized carbons (Fsp3) is 0.294. The van der Waals surface area contributed by atoms with E-state index in [9.17, 15) is 0 Å². The van der Waals surface area contributed by atoms with Crippen LogP contribution in [0.3, 0.4) is 0 Å². The molecular weight excluding hydrogens is 314 g/mol. The molecule has 0 radical (unpaired) electrons. The van der Waals surface area contributed by atoms with Crippen molar-refractivity contribution in [2.24, 2.45) is 0 Å². The zero-order valence-corrected chi connectivity index (χ0v) is 13.3. The highest BCUT2D eigenvalue weighted by molar-refractivity contribution is 9.10. The third-order valence-electron chi connectivity index (χ3n) is 2.97. The summed E-state index contributed by atoms with van der Waals surface area (Å²) in [4.78, 5) is 0. The van der Waals surface area contributed by atoms with Crippen molar-refractivity contribution in [3.8, 4) is 5.75 Å². The molecule has 0 amide bonds. The molecule has 2 aromatic rings. The van der Waals surface area contributed by atoms with Gasteiger partial charge >= 0.3 is 0 Å². The number of benzene rings is 2. The fourth-order valence-corrected chi connectivity index (χ4v) is 2.35. The van der Waals surface area contributed by atoms with E-state index in [1.807, 2.05) is 24.3 Å². The topological polar surface area (TPSA) is 21.3 Å². The first-order valence-electron chi connectivity index (χ1n) is 6.95. The Morgan fingerprint density at radius 2 is 1.85 bits per heavy atom. The van der Waals surface area contributed by atoms with Crippen molar-refractivity contribution in [2.45, 2.75) is 26.5 Å². The molecule has 1 N–H and O–H groups in total. The Kier molecular flexibility index (Phi) is 6.09. The third-order valence-corrected chi connectivity index (χ3v) is 3.47. The maximum atomic E-state index is 5.79. The lowest BCUT2D eigenvalue weighted by molar-refractivity contribution is 0.306. The Hall–Kier alpha value is -1.32. The van der Waals surface area contributed by atoms with Gasteiger partial charge in [-0.05, 0) is 48.4 Å². The van der Waals surface area contributed by atoms with Crippen molar-refractivity contribution < 1.29 is 4.74 Å². The van der Waals surface area contributed by atoms with E-state index in [4.69, 9.17) is 4.74 Å². The summed E-state index contributed by atoms with van der Waals surface area (Å²) < 4.78 is 6.87. The highest BCUT2D eigenvalue weighted by Crippen LogP contribution is 2.16. The molecule has 106 valence electrons. The van der Waals surface area contributed by atoms with Gasteiger partial charge in [-0.25, -0.2) is 0 Å². The zero-order chi connectivity index (χ0) is 14.2. The summed E-state index contributed by atoms with van der Waals surface area (Å²) in [5.74, 6) is 0.907. The van der Waals surface area contributed by atoms with Gasteiger partial charge < -0.3 is 10.1 Å². The Labute approximate surface area is 129 Å². The first-order chi connectivity index (χ1) is 9.78. The first kappa shape index (κ1) is 15.1. The van der Waals surface area contributed by atoms with Gasteiger partial charge in [-0.3, -0.25) is 0 Å². The average Bonchev–Trinajstić information content (AvgIpc) is 2.47. The number of nitrogens with one attached hydrogen (secondary N) is 1. The Morgan fingerprint density at radius 3 is 2.55 bits per heavy atom. The van der Waals surface area contributed by atoms with Gasteiger partial charge in [0.15, 0.2) is 0 Å². The minimum atomic E-state index is 0.590. The van der Waals surface area contributed by atoms with Gasteiger partial charge in [0.25, 0.3) is 0 Å². The molecule has 0 spiro atoms. The van der Waals surface area contributed by atoms with E-state index >= 15 is 0 Å². The largest absolute Gasteiger partial charge is 0.489 e. The average molecular weight is 334 g/mol. The smallest absolute Gasteiger partial charge is 0.119 e. The lowest BCUT2D eigenvalue weighted by atomic mass is 10.2. The SMILES string of the molecule is CCCNCc1ccc(OCc2cccc(Br)c2)cc1. The maximum absolute atomic E-state index is 5.79. The second kappa shape index (κ2) is 8.08. The number of ether oxygens (including phenoxy) is 1. The van der Waals surface area contributed by atoms with Crippen molar-refractivity contribution in [2.75, 3.05) is 6.54 Å². The maximum Gasteiger partial charge on any atom is 0.119 e. The summed E-state index contributed by atoms with van der Waals surface area (Å²) in [5.41, 5.74) is 2.45. The van der Waals surface area contributed by atoms with Crippen LogP contribution in [0.4, 0.5) is 0 Å². The van der Waals surface area contributed by atoms with E-state index in [0.29, 0.717) is 6.61 Å². The highest BCUT2D eigenvalue weighted by atomic mass is 79.9. The molecule has 0 saturated carbocycles. The monoisotopic (exact) mass is 333 g/mol. The molecular formula is C17H20BrNO. The van der Waals surface area contributed by atoms with Crippen molar-refractivity contribution in [1.29, 1.82) is 0 Å². The number of halogens is 1. The molecule has 0 bridgehead atoms. The van der Waals surface area contributed by atoms with Gasteiger partial charge in [0.1, 0.15) is 12.4 Å². The molecule has 0 heterocycles. The van der Waals surface area contributed by atoms with Crippen LogP contribution in [-0.4, -0.2) is 6.54 Å². The van der Waals surface area contributed by atoms with E-state index in [0.717, 1.165) is 35.3 Å². The molecule has 2 aromatic carbocycles. The molecule has 0 aliphatic rings. The molecule has 0 aliphatic heterocycles. The summed E-state index contributed by atoms with van der Waals surface area (Å²) in [6, 6.07) is 16.4. The molecule has 0 fully saturated rings. The van der Waals surface area contributed by atoms with Crippen LogP contribution in [0.25, 0.3) is 0 Å². The highest BCUT2D eigenvalue weighted by Gasteiger charge is 1.98. The van der Waals surface area contributed by atoms with Crippen LogP contribution < -0.4 is 10.1 Å². The second-order valence-electron chi connectivity index (χ2n) is 4.74. The second-order valence-corrected chi connectivity index (χ2v) is 5.65. The zero-order valence-electron chi connectivity index (χ0n) is 11.7. The molecule has 0 aromatic heterocycles. The van der Waals surface area contributed by atoms with E-state index in [1.54, 1.807) is 0 Å². The summed E-state index contributed by atoms with van der Waals surface area (Å²) in [5, 5.41) is 3.39. The van der Waals surface area contributed by atoms with Gasteiger partial charge in [-0.2, -0.15) is 0 Å². The fourth-order valence-electron chi connectivity index (χ4n) is 1.91. The lowest BCUT2D eigenvalue weighted by Gasteiger charge is -2.08. The summed E-state index contributed by atoms with van der Waals surface area (Å²) in [6.07, 6.45) is 1.16. The predicted octanol–water partition coefficient (Wildman–Crippen LogP) is 4.53. The quantitative estimate of drug-likeness (QED) is 0.751. The Bertz CT molecular complexity index is 525. The molecule has 2 rings (SSSR count). The van der Waals surface area contributed by atoms with Gasteiger partial charge in [-0.15, -0.1) is 0 Å². The number of hydrogen-bond donors (Lipinski definition) is 1. The normalized spacial score (nSPS) is 10.5. The van der Waals surface area contributed by atoms with Crippen LogP contribution in [0.5, 0.6) is 5.75 Å². The number of rotatable bonds is 7. The third kappa shape index (κ3) is 4.99. The van der Waals surface area contributed by atoms with Crippen LogP contribution >= 0.6 is 15.9 Å². The van der Waals surface area contributed by atoms with E-state index in [2.05, 4.69) is 52.4 Å². The number of hydrogen-bond acceptors (Lipinski definition) is 2. The van der Waals surface area contributed by atoms with Crippen LogP contribution in [0, 0.1) is 0 Å². The summed E-state index contributed by atoms with van der Waals surface area (Å²) >= 11 is 3.47.